The molecule has 0 unspecified atom stereocenters. The number of hydrogen-bond donors (Lipinski definition) is 1. The molecule has 0 spiro atoms. The van der Waals surface area contributed by atoms with Crippen molar-refractivity contribution in [3.05, 3.63) is 41.7 Å². The number of methoxy groups -OCH3 is 1. The fourth-order valence-corrected chi connectivity index (χ4v) is 4.04. The first-order valence-corrected chi connectivity index (χ1v) is 10.2. The molecule has 1 aromatic carbocycles. The second kappa shape index (κ2) is 9.94. The summed E-state index contributed by atoms with van der Waals surface area (Å²) in [4.78, 5) is 14.8. The summed E-state index contributed by atoms with van der Waals surface area (Å²) in [6.45, 7) is 4.10. The lowest BCUT2D eigenvalue weighted by Gasteiger charge is -2.37. The van der Waals surface area contributed by atoms with E-state index in [1.807, 2.05) is 42.2 Å². The molecule has 1 aromatic rings. The smallest absolute Gasteiger partial charge is 0.288 e. The van der Waals surface area contributed by atoms with Gasteiger partial charge in [0, 0.05) is 38.1 Å². The van der Waals surface area contributed by atoms with Gasteiger partial charge in [0.1, 0.15) is 5.75 Å². The van der Waals surface area contributed by atoms with Gasteiger partial charge in [0.2, 0.25) is 6.29 Å². The predicted molar refractivity (Wildman–Crippen MR) is 106 cm³/mol. The van der Waals surface area contributed by atoms with E-state index in [1.165, 1.54) is 0 Å². The lowest BCUT2D eigenvalue weighted by Crippen LogP contribution is -2.39. The standard InChI is InChI=1S/C22H31NO5/c1-3-27-22-18(7-6-14-24)19(16-8-10-17(26-2)11-9-16)15-20(28-22)21(25)23-12-4-5-13-23/h8-11,15,18-19,22,24H,3-7,12-14H2,1-2H3/t18-,19+,22+/m0/s1. The Morgan fingerprint density at radius 3 is 2.57 bits per heavy atom. The molecule has 6 nitrogen and oxygen atoms in total. The Morgan fingerprint density at radius 1 is 1.25 bits per heavy atom. The number of benzene rings is 1. The summed E-state index contributed by atoms with van der Waals surface area (Å²) in [6.07, 6.45) is 4.92. The molecular weight excluding hydrogens is 358 g/mol. The quantitative estimate of drug-likeness (QED) is 0.740. The van der Waals surface area contributed by atoms with E-state index < -0.39 is 6.29 Å². The van der Waals surface area contributed by atoms with E-state index in [-0.39, 0.29) is 24.3 Å². The van der Waals surface area contributed by atoms with Crippen LogP contribution in [0.3, 0.4) is 0 Å². The van der Waals surface area contributed by atoms with Crippen LogP contribution in [0.2, 0.25) is 0 Å². The Bertz CT molecular complexity index is 666. The van der Waals surface area contributed by atoms with Crippen LogP contribution in [0.5, 0.6) is 5.75 Å². The van der Waals surface area contributed by atoms with Crippen molar-refractivity contribution in [1.82, 2.24) is 4.90 Å². The molecule has 1 fully saturated rings. The first-order chi connectivity index (χ1) is 13.7. The molecule has 1 N–H and O–H groups in total. The molecule has 6 heteroatoms. The normalized spacial score (nSPS) is 24.6. The van der Waals surface area contributed by atoms with E-state index in [2.05, 4.69) is 0 Å². The first kappa shape index (κ1) is 20.7. The molecule has 2 aliphatic heterocycles. The minimum Gasteiger partial charge on any atom is -0.497 e. The van der Waals surface area contributed by atoms with Crippen molar-refractivity contribution in [1.29, 1.82) is 0 Å². The number of ether oxygens (including phenoxy) is 3. The molecule has 1 saturated heterocycles. The molecule has 0 radical (unpaired) electrons. The summed E-state index contributed by atoms with van der Waals surface area (Å²) in [5, 5.41) is 9.35. The van der Waals surface area contributed by atoms with Gasteiger partial charge in [-0.15, -0.1) is 0 Å². The molecule has 0 aliphatic carbocycles. The SMILES string of the molecule is CCO[C@@H]1OC(C(=O)N2CCCC2)=C[C@H](c2ccc(OC)cc2)[C@@H]1CCCO. The minimum absolute atomic E-state index is 0.0237. The molecule has 3 atom stereocenters. The van der Waals surface area contributed by atoms with Gasteiger partial charge in [-0.25, -0.2) is 0 Å². The number of carbonyl (C=O) groups excluding carboxylic acids is 1. The average Bonchev–Trinajstić information content (AvgIpc) is 3.27. The monoisotopic (exact) mass is 389 g/mol. The van der Waals surface area contributed by atoms with Crippen LogP contribution in [0.15, 0.2) is 36.1 Å². The molecule has 2 aliphatic rings. The number of aliphatic hydroxyl groups excluding tert-OH is 1. The zero-order chi connectivity index (χ0) is 19.9. The number of nitrogens with zero attached hydrogens (tertiary/aromatic N) is 1. The van der Waals surface area contributed by atoms with Crippen LogP contribution in [-0.2, 0) is 14.3 Å². The highest BCUT2D eigenvalue weighted by atomic mass is 16.7. The Labute approximate surface area is 167 Å². The van der Waals surface area contributed by atoms with Gasteiger partial charge >= 0.3 is 0 Å². The van der Waals surface area contributed by atoms with E-state index >= 15 is 0 Å². The lowest BCUT2D eigenvalue weighted by molar-refractivity contribution is -0.170. The van der Waals surface area contributed by atoms with Crippen molar-refractivity contribution in [2.45, 2.75) is 44.8 Å². The summed E-state index contributed by atoms with van der Waals surface area (Å²) in [5.74, 6) is 1.11. The largest absolute Gasteiger partial charge is 0.497 e. The molecule has 3 rings (SSSR count). The van der Waals surface area contributed by atoms with Gasteiger partial charge in [0.25, 0.3) is 5.91 Å². The predicted octanol–water partition coefficient (Wildman–Crippen LogP) is 3.07. The molecule has 0 saturated carbocycles. The third-order valence-corrected chi connectivity index (χ3v) is 5.52. The second-order valence-corrected chi connectivity index (χ2v) is 7.30. The zero-order valence-electron chi connectivity index (χ0n) is 16.8. The minimum atomic E-state index is -0.504. The van der Waals surface area contributed by atoms with Crippen molar-refractivity contribution in [3.8, 4) is 5.75 Å². The maximum Gasteiger partial charge on any atom is 0.288 e. The fourth-order valence-electron chi connectivity index (χ4n) is 4.04. The Balaban J connectivity index is 1.93. The number of likely N-dealkylation sites (tertiary alicyclic amines) is 1. The Morgan fingerprint density at radius 2 is 1.96 bits per heavy atom. The Kier molecular flexibility index (Phi) is 7.34. The van der Waals surface area contributed by atoms with E-state index in [1.54, 1.807) is 7.11 Å². The summed E-state index contributed by atoms with van der Waals surface area (Å²) in [7, 11) is 1.64. The van der Waals surface area contributed by atoms with Crippen LogP contribution in [-0.4, -0.2) is 55.6 Å². The Hall–Kier alpha value is -2.05. The van der Waals surface area contributed by atoms with Gasteiger partial charge in [-0.1, -0.05) is 12.1 Å². The topological polar surface area (TPSA) is 68.2 Å². The van der Waals surface area contributed by atoms with E-state index in [0.29, 0.717) is 18.8 Å². The maximum atomic E-state index is 13.0. The van der Waals surface area contributed by atoms with Crippen molar-refractivity contribution in [2.24, 2.45) is 5.92 Å². The zero-order valence-corrected chi connectivity index (χ0v) is 16.8. The highest BCUT2D eigenvalue weighted by Gasteiger charge is 2.39. The van der Waals surface area contributed by atoms with Crippen LogP contribution in [0.1, 0.15) is 44.1 Å². The maximum absolute atomic E-state index is 13.0. The summed E-state index contributed by atoms with van der Waals surface area (Å²) in [6, 6.07) is 7.91. The fraction of sp³-hybridized carbons (Fsp3) is 0.591. The van der Waals surface area contributed by atoms with Crippen molar-refractivity contribution < 1.29 is 24.1 Å². The number of allylic oxidation sites excluding steroid dienone is 1. The highest BCUT2D eigenvalue weighted by molar-refractivity contribution is 5.92. The van der Waals surface area contributed by atoms with Crippen molar-refractivity contribution >= 4 is 5.91 Å². The molecule has 2 heterocycles. The summed E-state index contributed by atoms with van der Waals surface area (Å²) >= 11 is 0. The van der Waals surface area contributed by atoms with Crippen LogP contribution in [0.4, 0.5) is 0 Å². The number of amides is 1. The van der Waals surface area contributed by atoms with Crippen LogP contribution >= 0.6 is 0 Å². The number of rotatable bonds is 8. The van der Waals surface area contributed by atoms with Crippen LogP contribution in [0.25, 0.3) is 0 Å². The second-order valence-electron chi connectivity index (χ2n) is 7.30. The molecule has 28 heavy (non-hydrogen) atoms. The third kappa shape index (κ3) is 4.67. The van der Waals surface area contributed by atoms with E-state index in [4.69, 9.17) is 14.2 Å². The molecule has 0 bridgehead atoms. The molecular formula is C22H31NO5. The van der Waals surface area contributed by atoms with Crippen molar-refractivity contribution in [3.63, 3.8) is 0 Å². The summed E-state index contributed by atoms with van der Waals surface area (Å²) in [5.41, 5.74) is 1.09. The van der Waals surface area contributed by atoms with Crippen LogP contribution < -0.4 is 4.74 Å². The number of hydrogen-bond acceptors (Lipinski definition) is 5. The van der Waals surface area contributed by atoms with E-state index in [0.717, 1.165) is 43.7 Å². The third-order valence-electron chi connectivity index (χ3n) is 5.52. The van der Waals surface area contributed by atoms with Gasteiger partial charge in [-0.05, 0) is 56.4 Å². The van der Waals surface area contributed by atoms with Gasteiger partial charge in [0.15, 0.2) is 5.76 Å². The van der Waals surface area contributed by atoms with E-state index in [9.17, 15) is 9.90 Å². The first-order valence-electron chi connectivity index (χ1n) is 10.2. The average molecular weight is 389 g/mol. The number of aliphatic hydroxyl groups is 1. The number of carbonyl (C=O) groups is 1. The van der Waals surface area contributed by atoms with Gasteiger partial charge in [0.05, 0.1) is 7.11 Å². The van der Waals surface area contributed by atoms with Gasteiger partial charge in [-0.3, -0.25) is 4.79 Å². The molecule has 0 aromatic heterocycles. The van der Waals surface area contributed by atoms with Crippen LogP contribution in [0, 0.1) is 5.92 Å². The lowest BCUT2D eigenvalue weighted by atomic mass is 9.80. The van der Waals surface area contributed by atoms with Gasteiger partial charge in [-0.2, -0.15) is 0 Å². The summed E-state index contributed by atoms with van der Waals surface area (Å²) < 4.78 is 17.2. The van der Waals surface area contributed by atoms with Gasteiger partial charge < -0.3 is 24.2 Å². The molecule has 154 valence electrons. The molecule has 1 amide bonds. The van der Waals surface area contributed by atoms with Crippen molar-refractivity contribution in [2.75, 3.05) is 33.4 Å². The highest BCUT2D eigenvalue weighted by Crippen LogP contribution is 2.40.